The SMILES string of the molecule is CCN(CC(=O)Nc1ccc(N2CCOCC2)cc1)CC(=O)Nc1cc([N+](=O)[O-])ccc1C. The average molecular weight is 456 g/mol. The van der Waals surface area contributed by atoms with Gasteiger partial charge >= 0.3 is 0 Å². The quantitative estimate of drug-likeness (QED) is 0.441. The third-order valence-electron chi connectivity index (χ3n) is 5.41. The van der Waals surface area contributed by atoms with Crippen LogP contribution in [-0.4, -0.2) is 67.6 Å². The van der Waals surface area contributed by atoms with E-state index in [1.807, 2.05) is 31.2 Å². The average Bonchev–Trinajstić information content (AvgIpc) is 2.81. The number of hydrogen-bond acceptors (Lipinski definition) is 7. The monoisotopic (exact) mass is 455 g/mol. The lowest BCUT2D eigenvalue weighted by Crippen LogP contribution is -2.38. The number of ether oxygens (including phenoxy) is 1. The predicted molar refractivity (Wildman–Crippen MR) is 127 cm³/mol. The smallest absolute Gasteiger partial charge is 0.271 e. The Morgan fingerprint density at radius 1 is 1.06 bits per heavy atom. The van der Waals surface area contributed by atoms with E-state index in [9.17, 15) is 19.7 Å². The molecule has 0 radical (unpaired) electrons. The summed E-state index contributed by atoms with van der Waals surface area (Å²) in [6.45, 7) is 7.24. The Hall–Kier alpha value is -3.50. The number of nitrogens with zero attached hydrogens (tertiary/aromatic N) is 3. The largest absolute Gasteiger partial charge is 0.378 e. The van der Waals surface area contributed by atoms with Crippen molar-refractivity contribution in [2.24, 2.45) is 0 Å². The Morgan fingerprint density at radius 3 is 2.30 bits per heavy atom. The van der Waals surface area contributed by atoms with Gasteiger partial charge < -0.3 is 20.3 Å². The third kappa shape index (κ3) is 6.99. The molecule has 0 bridgehead atoms. The first-order valence-corrected chi connectivity index (χ1v) is 10.9. The fourth-order valence-electron chi connectivity index (χ4n) is 3.51. The molecule has 1 heterocycles. The number of carbonyl (C=O) groups is 2. The molecule has 1 aliphatic heterocycles. The number of nitro groups is 1. The second-order valence-corrected chi connectivity index (χ2v) is 7.80. The zero-order valence-corrected chi connectivity index (χ0v) is 18.9. The summed E-state index contributed by atoms with van der Waals surface area (Å²) in [6.07, 6.45) is 0. The van der Waals surface area contributed by atoms with Crippen LogP contribution in [0.25, 0.3) is 0 Å². The second kappa shape index (κ2) is 11.4. The summed E-state index contributed by atoms with van der Waals surface area (Å²) in [6, 6.07) is 12.0. The van der Waals surface area contributed by atoms with Crippen molar-refractivity contribution in [2.45, 2.75) is 13.8 Å². The van der Waals surface area contributed by atoms with Gasteiger partial charge in [-0.25, -0.2) is 0 Å². The summed E-state index contributed by atoms with van der Waals surface area (Å²) >= 11 is 0. The Bertz CT molecular complexity index is 989. The molecule has 0 aromatic heterocycles. The van der Waals surface area contributed by atoms with Gasteiger partial charge in [0.1, 0.15) is 0 Å². The van der Waals surface area contributed by atoms with Gasteiger partial charge in [-0.3, -0.25) is 24.6 Å². The molecule has 2 aromatic carbocycles. The first-order chi connectivity index (χ1) is 15.9. The van der Waals surface area contributed by atoms with Crippen LogP contribution in [-0.2, 0) is 14.3 Å². The van der Waals surface area contributed by atoms with Crippen molar-refractivity contribution in [3.8, 4) is 0 Å². The number of carbonyl (C=O) groups excluding carboxylic acids is 2. The number of benzene rings is 2. The predicted octanol–water partition coefficient (Wildman–Crippen LogP) is 2.64. The lowest BCUT2D eigenvalue weighted by Gasteiger charge is -2.29. The third-order valence-corrected chi connectivity index (χ3v) is 5.41. The van der Waals surface area contributed by atoms with Crippen molar-refractivity contribution < 1.29 is 19.2 Å². The van der Waals surface area contributed by atoms with Crippen LogP contribution >= 0.6 is 0 Å². The van der Waals surface area contributed by atoms with E-state index in [-0.39, 0.29) is 30.6 Å². The van der Waals surface area contributed by atoms with Crippen LogP contribution in [0.1, 0.15) is 12.5 Å². The number of nitrogens with one attached hydrogen (secondary N) is 2. The van der Waals surface area contributed by atoms with Gasteiger partial charge in [-0.15, -0.1) is 0 Å². The highest BCUT2D eigenvalue weighted by Gasteiger charge is 2.16. The van der Waals surface area contributed by atoms with E-state index < -0.39 is 4.92 Å². The number of anilines is 3. The fraction of sp³-hybridized carbons (Fsp3) is 0.391. The van der Waals surface area contributed by atoms with Crippen LogP contribution in [0.3, 0.4) is 0 Å². The van der Waals surface area contributed by atoms with E-state index in [0.717, 1.165) is 24.3 Å². The highest BCUT2D eigenvalue weighted by Crippen LogP contribution is 2.22. The number of rotatable bonds is 9. The molecule has 0 saturated carbocycles. The molecular weight excluding hydrogens is 426 g/mol. The number of non-ortho nitro benzene ring substituents is 1. The lowest BCUT2D eigenvalue weighted by molar-refractivity contribution is -0.384. The zero-order chi connectivity index (χ0) is 23.8. The highest BCUT2D eigenvalue weighted by molar-refractivity contribution is 5.95. The first-order valence-electron chi connectivity index (χ1n) is 10.9. The maximum Gasteiger partial charge on any atom is 0.271 e. The first kappa shape index (κ1) is 24.1. The molecule has 0 spiro atoms. The molecule has 2 amide bonds. The van der Waals surface area contributed by atoms with Gasteiger partial charge in [-0.1, -0.05) is 13.0 Å². The Morgan fingerprint density at radius 2 is 1.70 bits per heavy atom. The Balaban J connectivity index is 1.51. The molecule has 10 nitrogen and oxygen atoms in total. The molecular formula is C23H29N5O5. The fourth-order valence-corrected chi connectivity index (χ4v) is 3.51. The van der Waals surface area contributed by atoms with Crippen LogP contribution in [0, 0.1) is 17.0 Å². The van der Waals surface area contributed by atoms with Gasteiger partial charge in [0.25, 0.3) is 5.69 Å². The van der Waals surface area contributed by atoms with Gasteiger partial charge in [-0.2, -0.15) is 0 Å². The summed E-state index contributed by atoms with van der Waals surface area (Å²) < 4.78 is 5.37. The van der Waals surface area contributed by atoms with Gasteiger partial charge in [0.2, 0.25) is 11.8 Å². The van der Waals surface area contributed by atoms with Gasteiger partial charge in [-0.05, 0) is 43.3 Å². The van der Waals surface area contributed by atoms with E-state index in [1.54, 1.807) is 17.9 Å². The van der Waals surface area contributed by atoms with Crippen LogP contribution in [0.2, 0.25) is 0 Å². The minimum absolute atomic E-state index is 0.0119. The molecule has 1 fully saturated rings. The summed E-state index contributed by atoms with van der Waals surface area (Å²) in [5, 5.41) is 16.5. The van der Waals surface area contributed by atoms with E-state index in [2.05, 4.69) is 15.5 Å². The number of morpholine rings is 1. The molecule has 0 unspecified atom stereocenters. The number of likely N-dealkylation sites (N-methyl/N-ethyl adjacent to an activating group) is 1. The van der Waals surface area contributed by atoms with Crippen LogP contribution < -0.4 is 15.5 Å². The molecule has 2 aromatic rings. The minimum atomic E-state index is -0.509. The Kier molecular flexibility index (Phi) is 8.34. The maximum atomic E-state index is 12.5. The van der Waals surface area contributed by atoms with Crippen LogP contribution in [0.15, 0.2) is 42.5 Å². The zero-order valence-electron chi connectivity index (χ0n) is 18.9. The lowest BCUT2D eigenvalue weighted by atomic mass is 10.2. The van der Waals surface area contributed by atoms with Crippen molar-refractivity contribution in [3.05, 3.63) is 58.1 Å². The van der Waals surface area contributed by atoms with E-state index >= 15 is 0 Å². The molecule has 0 aliphatic carbocycles. The molecule has 1 aliphatic rings. The van der Waals surface area contributed by atoms with E-state index in [4.69, 9.17) is 4.74 Å². The van der Waals surface area contributed by atoms with Crippen LogP contribution in [0.4, 0.5) is 22.7 Å². The van der Waals surface area contributed by atoms with E-state index in [1.165, 1.54) is 12.1 Å². The standard InChI is InChI=1S/C23H29N5O5/c1-3-26(16-23(30)25-21-14-20(28(31)32)7-4-17(21)2)15-22(29)24-18-5-8-19(9-6-18)27-10-12-33-13-11-27/h4-9,14H,3,10-13,15-16H2,1-2H3,(H,24,29)(H,25,30). The van der Waals surface area contributed by atoms with Crippen molar-refractivity contribution in [1.82, 2.24) is 4.90 Å². The highest BCUT2D eigenvalue weighted by atomic mass is 16.6. The maximum absolute atomic E-state index is 12.5. The number of hydrogen-bond donors (Lipinski definition) is 2. The molecule has 176 valence electrons. The van der Waals surface area contributed by atoms with Gasteiger partial charge in [0.15, 0.2) is 0 Å². The molecule has 3 rings (SSSR count). The van der Waals surface area contributed by atoms with Gasteiger partial charge in [0.05, 0.1) is 36.9 Å². The summed E-state index contributed by atoms with van der Waals surface area (Å²) in [5.41, 5.74) is 2.77. The second-order valence-electron chi connectivity index (χ2n) is 7.80. The topological polar surface area (TPSA) is 117 Å². The summed E-state index contributed by atoms with van der Waals surface area (Å²) in [5.74, 6) is -0.571. The molecule has 2 N–H and O–H groups in total. The summed E-state index contributed by atoms with van der Waals surface area (Å²) in [7, 11) is 0. The minimum Gasteiger partial charge on any atom is -0.378 e. The van der Waals surface area contributed by atoms with Crippen molar-refractivity contribution >= 4 is 34.6 Å². The molecule has 10 heteroatoms. The normalized spacial score (nSPS) is 13.6. The number of aryl methyl sites for hydroxylation is 1. The van der Waals surface area contributed by atoms with Crippen molar-refractivity contribution in [3.63, 3.8) is 0 Å². The number of amides is 2. The Labute approximate surface area is 192 Å². The van der Waals surface area contributed by atoms with Crippen molar-refractivity contribution in [2.75, 3.05) is 61.5 Å². The van der Waals surface area contributed by atoms with E-state index in [0.29, 0.717) is 31.1 Å². The van der Waals surface area contributed by atoms with Gasteiger partial charge in [0, 0.05) is 36.6 Å². The van der Waals surface area contributed by atoms with Crippen LogP contribution in [0.5, 0.6) is 0 Å². The van der Waals surface area contributed by atoms with Crippen molar-refractivity contribution in [1.29, 1.82) is 0 Å². The summed E-state index contributed by atoms with van der Waals surface area (Å²) in [4.78, 5) is 39.4. The number of nitro benzene ring substituents is 1. The molecule has 0 atom stereocenters. The molecule has 33 heavy (non-hydrogen) atoms. The molecule has 1 saturated heterocycles.